The summed E-state index contributed by atoms with van der Waals surface area (Å²) in [5.74, 6) is -0.373. The first-order chi connectivity index (χ1) is 10.7. The summed E-state index contributed by atoms with van der Waals surface area (Å²) in [5, 5.41) is 18.0. The molecular formula is C18H19FN2O. The van der Waals surface area contributed by atoms with Gasteiger partial charge in [-0.3, -0.25) is 4.90 Å². The molecule has 0 atom stereocenters. The monoisotopic (exact) mass is 298 g/mol. The lowest BCUT2D eigenvalue weighted by Gasteiger charge is -2.21. The highest BCUT2D eigenvalue weighted by Crippen LogP contribution is 2.13. The van der Waals surface area contributed by atoms with Crippen molar-refractivity contribution in [2.75, 3.05) is 19.7 Å². The van der Waals surface area contributed by atoms with Crippen molar-refractivity contribution < 1.29 is 9.50 Å². The van der Waals surface area contributed by atoms with Crippen LogP contribution in [0.4, 0.5) is 4.39 Å². The van der Waals surface area contributed by atoms with E-state index in [1.165, 1.54) is 11.6 Å². The summed E-state index contributed by atoms with van der Waals surface area (Å²) in [6.45, 7) is 1.69. The highest BCUT2D eigenvalue weighted by Gasteiger charge is 2.10. The first-order valence-corrected chi connectivity index (χ1v) is 7.28. The first-order valence-electron chi connectivity index (χ1n) is 7.28. The lowest BCUT2D eigenvalue weighted by molar-refractivity contribution is 0.190. The van der Waals surface area contributed by atoms with Crippen molar-refractivity contribution in [3.05, 3.63) is 71.0 Å². The fraction of sp³-hybridized carbons (Fsp3) is 0.278. The summed E-state index contributed by atoms with van der Waals surface area (Å²) >= 11 is 0. The lowest BCUT2D eigenvalue weighted by atomic mass is 10.1. The van der Waals surface area contributed by atoms with Gasteiger partial charge in [0.25, 0.3) is 0 Å². The van der Waals surface area contributed by atoms with Crippen LogP contribution in [-0.4, -0.2) is 29.7 Å². The van der Waals surface area contributed by atoms with Gasteiger partial charge >= 0.3 is 0 Å². The molecule has 0 unspecified atom stereocenters. The van der Waals surface area contributed by atoms with Crippen molar-refractivity contribution in [2.45, 2.75) is 13.0 Å². The normalized spacial score (nSPS) is 10.6. The molecule has 0 saturated carbocycles. The molecule has 0 heterocycles. The summed E-state index contributed by atoms with van der Waals surface area (Å²) in [6.07, 6.45) is 0.846. The summed E-state index contributed by atoms with van der Waals surface area (Å²) in [6, 6.07) is 16.5. The van der Waals surface area contributed by atoms with Crippen LogP contribution in [0.2, 0.25) is 0 Å². The van der Waals surface area contributed by atoms with Gasteiger partial charge in [-0.2, -0.15) is 5.26 Å². The van der Waals surface area contributed by atoms with Gasteiger partial charge in [0.15, 0.2) is 0 Å². The van der Waals surface area contributed by atoms with Gasteiger partial charge in [-0.25, -0.2) is 4.39 Å². The zero-order valence-corrected chi connectivity index (χ0v) is 12.4. The Morgan fingerprint density at radius 2 is 1.86 bits per heavy atom. The molecule has 3 nitrogen and oxygen atoms in total. The van der Waals surface area contributed by atoms with Crippen molar-refractivity contribution >= 4 is 0 Å². The third kappa shape index (κ3) is 4.66. The Balaban J connectivity index is 2.01. The van der Waals surface area contributed by atoms with Crippen molar-refractivity contribution in [1.29, 1.82) is 5.26 Å². The minimum Gasteiger partial charge on any atom is -0.395 e. The molecule has 2 rings (SSSR count). The molecule has 0 aliphatic rings. The zero-order chi connectivity index (χ0) is 15.8. The number of nitriles is 1. The molecule has 0 radical (unpaired) electrons. The minimum absolute atomic E-state index is 0.0344. The number of benzene rings is 2. The quantitative estimate of drug-likeness (QED) is 0.855. The van der Waals surface area contributed by atoms with E-state index in [-0.39, 0.29) is 12.4 Å². The molecule has 0 fully saturated rings. The maximum absolute atomic E-state index is 14.0. The van der Waals surface area contributed by atoms with Crippen LogP contribution in [0.5, 0.6) is 0 Å². The van der Waals surface area contributed by atoms with Crippen LogP contribution in [-0.2, 0) is 13.0 Å². The van der Waals surface area contributed by atoms with Crippen LogP contribution >= 0.6 is 0 Å². The van der Waals surface area contributed by atoms with E-state index >= 15 is 0 Å². The molecule has 22 heavy (non-hydrogen) atoms. The number of rotatable bonds is 7. The average molecular weight is 298 g/mol. The first kappa shape index (κ1) is 16.2. The van der Waals surface area contributed by atoms with E-state index in [4.69, 9.17) is 5.26 Å². The summed E-state index contributed by atoms with van der Waals surface area (Å²) in [7, 11) is 0. The van der Waals surface area contributed by atoms with Gasteiger partial charge in [-0.15, -0.1) is 0 Å². The third-order valence-electron chi connectivity index (χ3n) is 3.55. The number of aliphatic hydroxyl groups excluding tert-OH is 1. The van der Waals surface area contributed by atoms with Crippen LogP contribution in [0.3, 0.4) is 0 Å². The van der Waals surface area contributed by atoms with Crippen molar-refractivity contribution in [3.8, 4) is 6.07 Å². The predicted molar refractivity (Wildman–Crippen MR) is 83.6 cm³/mol. The Hall–Kier alpha value is -2.22. The fourth-order valence-corrected chi connectivity index (χ4v) is 2.33. The molecule has 0 bridgehead atoms. The van der Waals surface area contributed by atoms with Crippen LogP contribution in [0, 0.1) is 17.1 Å². The Kier molecular flexibility index (Phi) is 6.08. The largest absolute Gasteiger partial charge is 0.395 e. The van der Waals surface area contributed by atoms with Gasteiger partial charge in [0.2, 0.25) is 0 Å². The van der Waals surface area contributed by atoms with E-state index in [0.29, 0.717) is 24.2 Å². The average Bonchev–Trinajstić information content (AvgIpc) is 2.55. The van der Waals surface area contributed by atoms with Gasteiger partial charge < -0.3 is 5.11 Å². The van der Waals surface area contributed by atoms with Gasteiger partial charge in [0.1, 0.15) is 5.82 Å². The summed E-state index contributed by atoms with van der Waals surface area (Å²) in [5.41, 5.74) is 2.07. The molecule has 0 spiro atoms. The Bertz CT molecular complexity index is 637. The molecule has 0 aromatic heterocycles. The van der Waals surface area contributed by atoms with E-state index in [0.717, 1.165) is 13.0 Å². The second-order valence-electron chi connectivity index (χ2n) is 5.15. The molecule has 114 valence electrons. The topological polar surface area (TPSA) is 47.3 Å². The standard InChI is InChI=1S/C18H19FN2O/c19-18-12-16(13-20)6-7-17(18)14-21(10-11-22)9-8-15-4-2-1-3-5-15/h1-7,12,22H,8-11,14H2. The van der Waals surface area contributed by atoms with Gasteiger partial charge in [0, 0.05) is 25.2 Å². The maximum atomic E-state index is 14.0. The second-order valence-corrected chi connectivity index (χ2v) is 5.15. The Morgan fingerprint density at radius 3 is 2.50 bits per heavy atom. The maximum Gasteiger partial charge on any atom is 0.129 e. The molecule has 0 amide bonds. The van der Waals surface area contributed by atoms with Crippen LogP contribution < -0.4 is 0 Å². The van der Waals surface area contributed by atoms with Crippen molar-refractivity contribution in [1.82, 2.24) is 4.90 Å². The summed E-state index contributed by atoms with van der Waals surface area (Å²) in [4.78, 5) is 2.01. The number of hydrogen-bond donors (Lipinski definition) is 1. The van der Waals surface area contributed by atoms with E-state index in [1.54, 1.807) is 12.1 Å². The molecule has 1 N–H and O–H groups in total. The lowest BCUT2D eigenvalue weighted by Crippen LogP contribution is -2.29. The number of nitrogens with zero attached hydrogens (tertiary/aromatic N) is 2. The second kappa shape index (κ2) is 8.28. The smallest absolute Gasteiger partial charge is 0.129 e. The Labute approximate surface area is 130 Å². The minimum atomic E-state index is -0.373. The molecule has 4 heteroatoms. The van der Waals surface area contributed by atoms with Crippen molar-refractivity contribution in [2.24, 2.45) is 0 Å². The van der Waals surface area contributed by atoms with Gasteiger partial charge in [0.05, 0.1) is 18.2 Å². The van der Waals surface area contributed by atoms with Crippen LogP contribution in [0.25, 0.3) is 0 Å². The number of halogens is 1. The fourth-order valence-electron chi connectivity index (χ4n) is 2.33. The van der Waals surface area contributed by atoms with Crippen LogP contribution in [0.1, 0.15) is 16.7 Å². The van der Waals surface area contributed by atoms with E-state index in [9.17, 15) is 9.50 Å². The Morgan fingerprint density at radius 1 is 1.09 bits per heavy atom. The van der Waals surface area contributed by atoms with Crippen molar-refractivity contribution in [3.63, 3.8) is 0 Å². The molecule has 0 aliphatic heterocycles. The van der Waals surface area contributed by atoms with E-state index in [2.05, 4.69) is 12.1 Å². The molecular weight excluding hydrogens is 279 g/mol. The highest BCUT2D eigenvalue weighted by atomic mass is 19.1. The summed E-state index contributed by atoms with van der Waals surface area (Å²) < 4.78 is 14.0. The highest BCUT2D eigenvalue weighted by molar-refractivity contribution is 5.32. The molecule has 2 aromatic rings. The number of aliphatic hydroxyl groups is 1. The van der Waals surface area contributed by atoms with E-state index in [1.807, 2.05) is 29.2 Å². The molecule has 2 aromatic carbocycles. The van der Waals surface area contributed by atoms with Gasteiger partial charge in [-0.05, 0) is 24.1 Å². The van der Waals surface area contributed by atoms with Crippen LogP contribution in [0.15, 0.2) is 48.5 Å². The molecule has 0 aliphatic carbocycles. The number of hydrogen-bond acceptors (Lipinski definition) is 3. The predicted octanol–water partition coefficient (Wildman–Crippen LogP) is 2.73. The molecule has 0 saturated heterocycles. The SMILES string of the molecule is N#Cc1ccc(CN(CCO)CCc2ccccc2)c(F)c1. The third-order valence-corrected chi connectivity index (χ3v) is 3.55. The van der Waals surface area contributed by atoms with E-state index < -0.39 is 0 Å². The van der Waals surface area contributed by atoms with Gasteiger partial charge in [-0.1, -0.05) is 36.4 Å². The zero-order valence-electron chi connectivity index (χ0n) is 12.4.